The van der Waals surface area contributed by atoms with Crippen molar-refractivity contribution in [2.75, 3.05) is 26.2 Å². The molecular weight excluding hydrogens is 524 g/mol. The number of hydrogen-bond acceptors (Lipinski definition) is 6. The molecule has 2 aromatic rings. The highest BCUT2D eigenvalue weighted by Crippen LogP contribution is 2.28. The second-order valence-electron chi connectivity index (χ2n) is 10.1. The SMILES string of the molecule is N=C(N)N1CCC[C@H](CNC(=O)C[C@H](NS(=O)(=O)c2ccc3ccccc3c2)C(=O)N(CC(=O)O)C2CC2)C1. The van der Waals surface area contributed by atoms with Crippen molar-refractivity contribution in [3.63, 3.8) is 0 Å². The van der Waals surface area contributed by atoms with Gasteiger partial charge in [0, 0.05) is 25.7 Å². The molecule has 2 amide bonds. The minimum atomic E-state index is -4.23. The minimum Gasteiger partial charge on any atom is -0.480 e. The van der Waals surface area contributed by atoms with E-state index in [4.69, 9.17) is 11.1 Å². The number of carboxylic acid groups (broad SMARTS) is 1. The lowest BCUT2D eigenvalue weighted by molar-refractivity contribution is -0.146. The Labute approximate surface area is 227 Å². The average Bonchev–Trinajstić information content (AvgIpc) is 3.75. The molecule has 6 N–H and O–H groups in total. The van der Waals surface area contributed by atoms with Crippen molar-refractivity contribution in [3.8, 4) is 0 Å². The Morgan fingerprint density at radius 3 is 2.51 bits per heavy atom. The highest BCUT2D eigenvalue weighted by atomic mass is 32.2. The van der Waals surface area contributed by atoms with Crippen LogP contribution in [-0.2, 0) is 24.4 Å². The van der Waals surface area contributed by atoms with Gasteiger partial charge < -0.3 is 26.0 Å². The number of carbonyl (C=O) groups is 3. The molecule has 39 heavy (non-hydrogen) atoms. The standard InChI is InChI=1S/C26H34N6O6S/c27-26(28)31-11-3-4-17(15-31)14-29-23(33)13-22(25(36)32(16-24(34)35)20-8-9-20)30-39(37,38)21-10-7-18-5-1-2-6-19(18)12-21/h1-2,5-7,10,12,17,20,22,30H,3-4,8-9,11,13-16H2,(H3,27,28)(H,29,33)(H,34,35)/t17-,22+/m1/s1. The van der Waals surface area contributed by atoms with Crippen LogP contribution < -0.4 is 15.8 Å². The van der Waals surface area contributed by atoms with Gasteiger partial charge in [-0.2, -0.15) is 4.72 Å². The van der Waals surface area contributed by atoms with Gasteiger partial charge in [0.2, 0.25) is 21.8 Å². The molecular formula is C26H34N6O6S. The number of nitrogens with two attached hydrogens (primary N) is 1. The van der Waals surface area contributed by atoms with Crippen molar-refractivity contribution in [2.45, 2.75) is 49.1 Å². The van der Waals surface area contributed by atoms with Gasteiger partial charge >= 0.3 is 5.97 Å². The number of carboxylic acids is 1. The van der Waals surface area contributed by atoms with Crippen molar-refractivity contribution in [1.82, 2.24) is 19.8 Å². The number of piperidine rings is 1. The molecule has 2 aliphatic rings. The topological polar surface area (TPSA) is 186 Å². The van der Waals surface area contributed by atoms with Gasteiger partial charge in [0.05, 0.1) is 11.3 Å². The van der Waals surface area contributed by atoms with Crippen LogP contribution in [0.1, 0.15) is 32.1 Å². The summed E-state index contributed by atoms with van der Waals surface area (Å²) in [5.74, 6) is -2.49. The van der Waals surface area contributed by atoms with Crippen LogP contribution in [0, 0.1) is 11.3 Å². The van der Waals surface area contributed by atoms with Gasteiger partial charge in [-0.25, -0.2) is 8.42 Å². The molecule has 1 heterocycles. The second-order valence-corrected chi connectivity index (χ2v) is 11.8. The van der Waals surface area contributed by atoms with Gasteiger partial charge in [0.25, 0.3) is 0 Å². The predicted molar refractivity (Wildman–Crippen MR) is 144 cm³/mol. The number of amides is 2. The van der Waals surface area contributed by atoms with E-state index in [1.807, 2.05) is 12.1 Å². The van der Waals surface area contributed by atoms with Gasteiger partial charge in [0.1, 0.15) is 12.6 Å². The maximum absolute atomic E-state index is 13.5. The van der Waals surface area contributed by atoms with E-state index in [9.17, 15) is 27.9 Å². The average molecular weight is 559 g/mol. The fraction of sp³-hybridized carbons (Fsp3) is 0.462. The number of aliphatic carboxylic acids is 1. The quantitative estimate of drug-likeness (QED) is 0.197. The molecule has 12 nitrogen and oxygen atoms in total. The van der Waals surface area contributed by atoms with Crippen molar-refractivity contribution >= 4 is 44.5 Å². The summed E-state index contributed by atoms with van der Waals surface area (Å²) in [6.07, 6.45) is 2.39. The number of benzene rings is 2. The first-order valence-corrected chi connectivity index (χ1v) is 14.4. The maximum Gasteiger partial charge on any atom is 0.323 e. The summed E-state index contributed by atoms with van der Waals surface area (Å²) in [6, 6.07) is 10.0. The molecule has 1 saturated heterocycles. The molecule has 2 aromatic carbocycles. The summed E-state index contributed by atoms with van der Waals surface area (Å²) < 4.78 is 29.1. The lowest BCUT2D eigenvalue weighted by Gasteiger charge is -2.33. The molecule has 1 aliphatic carbocycles. The molecule has 2 fully saturated rings. The highest BCUT2D eigenvalue weighted by Gasteiger charge is 2.39. The molecule has 4 rings (SSSR count). The zero-order chi connectivity index (χ0) is 28.2. The first-order valence-electron chi connectivity index (χ1n) is 12.9. The van der Waals surface area contributed by atoms with E-state index in [0.29, 0.717) is 31.3 Å². The van der Waals surface area contributed by atoms with Crippen molar-refractivity contribution in [1.29, 1.82) is 5.41 Å². The molecule has 1 saturated carbocycles. The van der Waals surface area contributed by atoms with Crippen LogP contribution in [0.3, 0.4) is 0 Å². The summed E-state index contributed by atoms with van der Waals surface area (Å²) >= 11 is 0. The fourth-order valence-electron chi connectivity index (χ4n) is 4.85. The van der Waals surface area contributed by atoms with E-state index in [1.165, 1.54) is 12.1 Å². The first-order chi connectivity index (χ1) is 18.5. The Morgan fingerprint density at radius 1 is 1.13 bits per heavy atom. The van der Waals surface area contributed by atoms with Crippen LogP contribution in [0.15, 0.2) is 47.4 Å². The zero-order valence-corrected chi connectivity index (χ0v) is 22.3. The van der Waals surface area contributed by atoms with Crippen LogP contribution in [-0.4, -0.2) is 85.3 Å². The fourth-order valence-corrected chi connectivity index (χ4v) is 6.08. The number of hydrogen-bond donors (Lipinski definition) is 5. The Morgan fingerprint density at radius 2 is 1.85 bits per heavy atom. The summed E-state index contributed by atoms with van der Waals surface area (Å²) in [7, 11) is -4.23. The van der Waals surface area contributed by atoms with Gasteiger partial charge in [-0.05, 0) is 54.5 Å². The number of fused-ring (bicyclic) bond motifs is 1. The van der Waals surface area contributed by atoms with E-state index in [1.54, 1.807) is 23.1 Å². The molecule has 2 atom stereocenters. The maximum atomic E-state index is 13.5. The number of likely N-dealkylation sites (tertiary alicyclic amines) is 1. The van der Waals surface area contributed by atoms with Crippen molar-refractivity contribution < 1.29 is 27.9 Å². The van der Waals surface area contributed by atoms with Crippen molar-refractivity contribution in [3.05, 3.63) is 42.5 Å². The molecule has 0 aromatic heterocycles. The van der Waals surface area contributed by atoms with Gasteiger partial charge in [-0.15, -0.1) is 0 Å². The van der Waals surface area contributed by atoms with Crippen LogP contribution >= 0.6 is 0 Å². The van der Waals surface area contributed by atoms with Crippen molar-refractivity contribution in [2.24, 2.45) is 11.7 Å². The molecule has 0 spiro atoms. The Kier molecular flexibility index (Phi) is 8.70. The highest BCUT2D eigenvalue weighted by molar-refractivity contribution is 7.89. The third-order valence-electron chi connectivity index (χ3n) is 7.04. The van der Waals surface area contributed by atoms with Gasteiger partial charge in [-0.3, -0.25) is 19.8 Å². The largest absolute Gasteiger partial charge is 0.480 e. The lowest BCUT2D eigenvalue weighted by Crippen LogP contribution is -2.52. The molecule has 210 valence electrons. The number of carbonyl (C=O) groups excluding carboxylic acids is 2. The van der Waals surface area contributed by atoms with E-state index >= 15 is 0 Å². The van der Waals surface area contributed by atoms with E-state index in [-0.39, 0.29) is 29.4 Å². The number of rotatable bonds is 11. The summed E-state index contributed by atoms with van der Waals surface area (Å²) in [5, 5.41) is 21.3. The summed E-state index contributed by atoms with van der Waals surface area (Å²) in [5.41, 5.74) is 5.59. The van der Waals surface area contributed by atoms with E-state index in [2.05, 4.69) is 10.0 Å². The minimum absolute atomic E-state index is 0.0293. The molecule has 0 bridgehead atoms. The molecule has 0 unspecified atom stereocenters. The Bertz CT molecular complexity index is 1360. The Balaban J connectivity index is 1.50. The number of sulfonamides is 1. The van der Waals surface area contributed by atoms with E-state index in [0.717, 1.165) is 23.1 Å². The smallest absolute Gasteiger partial charge is 0.323 e. The predicted octanol–water partition coefficient (Wildman–Crippen LogP) is 0.674. The lowest BCUT2D eigenvalue weighted by atomic mass is 9.98. The Hall–Kier alpha value is -3.71. The normalized spacial score (nSPS) is 18.4. The third kappa shape index (κ3) is 7.45. The van der Waals surface area contributed by atoms with Crippen LogP contribution in [0.5, 0.6) is 0 Å². The van der Waals surface area contributed by atoms with E-state index < -0.39 is 46.8 Å². The van der Waals surface area contributed by atoms with Crippen LogP contribution in [0.2, 0.25) is 0 Å². The number of nitrogens with zero attached hydrogens (tertiary/aromatic N) is 2. The monoisotopic (exact) mass is 558 g/mol. The van der Waals surface area contributed by atoms with Crippen LogP contribution in [0.25, 0.3) is 10.8 Å². The van der Waals surface area contributed by atoms with Gasteiger partial charge in [-0.1, -0.05) is 30.3 Å². The molecule has 1 aliphatic heterocycles. The molecule has 0 radical (unpaired) electrons. The zero-order valence-electron chi connectivity index (χ0n) is 21.5. The molecule has 13 heteroatoms. The van der Waals surface area contributed by atoms with Gasteiger partial charge in [0.15, 0.2) is 5.96 Å². The summed E-state index contributed by atoms with van der Waals surface area (Å²) in [4.78, 5) is 40.6. The third-order valence-corrected chi connectivity index (χ3v) is 8.51. The number of guanidine groups is 1. The number of nitrogens with one attached hydrogen (secondary N) is 3. The van der Waals surface area contributed by atoms with Crippen LogP contribution in [0.4, 0.5) is 0 Å². The first kappa shape index (κ1) is 28.3. The second kappa shape index (κ2) is 12.0. The summed E-state index contributed by atoms with van der Waals surface area (Å²) in [6.45, 7) is 0.888.